The molecule has 4 nitrogen and oxygen atoms in total. The van der Waals surface area contributed by atoms with E-state index in [1.807, 2.05) is 12.1 Å². The first kappa shape index (κ1) is 16.2. The fourth-order valence-electron chi connectivity index (χ4n) is 3.88. The van der Waals surface area contributed by atoms with Crippen LogP contribution in [0, 0.1) is 5.92 Å². The number of aromatic amines is 1. The maximum Gasteiger partial charge on any atom is 0.417 e. The Balaban J connectivity index is 1.31. The molecule has 0 spiro atoms. The number of aromatic nitrogens is 1. The standard InChI is InChI=1S/C21H24N2O2/c24-21-22-20-18(7-4-8-19(20)25-21)11-14-23-12-9-17(10-13-23)15-16-5-2-1-3-6-16/h1-8,17H,9-15H2,(H,22,24). The monoisotopic (exact) mass is 336 g/mol. The summed E-state index contributed by atoms with van der Waals surface area (Å²) in [5, 5.41) is 0. The van der Waals surface area contributed by atoms with Gasteiger partial charge in [0.2, 0.25) is 0 Å². The molecule has 2 aromatic carbocycles. The minimum atomic E-state index is -0.371. The summed E-state index contributed by atoms with van der Waals surface area (Å²) in [7, 11) is 0. The van der Waals surface area contributed by atoms with E-state index in [1.54, 1.807) is 0 Å². The van der Waals surface area contributed by atoms with Crippen LogP contribution in [-0.4, -0.2) is 29.5 Å². The third-order valence-corrected chi connectivity index (χ3v) is 5.31. The van der Waals surface area contributed by atoms with Crippen molar-refractivity contribution in [3.63, 3.8) is 0 Å². The van der Waals surface area contributed by atoms with Gasteiger partial charge in [-0.1, -0.05) is 42.5 Å². The summed E-state index contributed by atoms with van der Waals surface area (Å²) in [5.74, 6) is 0.427. The van der Waals surface area contributed by atoms with Gasteiger partial charge in [-0.05, 0) is 61.9 Å². The molecule has 0 bridgehead atoms. The van der Waals surface area contributed by atoms with Crippen LogP contribution in [0.5, 0.6) is 0 Å². The fraction of sp³-hybridized carbons (Fsp3) is 0.381. The molecule has 1 aromatic heterocycles. The van der Waals surface area contributed by atoms with Crippen LogP contribution in [0.4, 0.5) is 0 Å². The summed E-state index contributed by atoms with van der Waals surface area (Å²) in [6.07, 6.45) is 4.67. The zero-order chi connectivity index (χ0) is 17.1. The number of oxazole rings is 1. The number of para-hydroxylation sites is 1. The number of piperidine rings is 1. The molecule has 0 saturated carbocycles. The minimum absolute atomic E-state index is 0.371. The number of hydrogen-bond donors (Lipinski definition) is 1. The second kappa shape index (κ2) is 7.28. The highest BCUT2D eigenvalue weighted by Gasteiger charge is 2.19. The molecule has 1 aliphatic rings. The van der Waals surface area contributed by atoms with Crippen molar-refractivity contribution in [3.8, 4) is 0 Å². The van der Waals surface area contributed by atoms with Crippen LogP contribution >= 0.6 is 0 Å². The molecule has 0 unspecified atom stereocenters. The van der Waals surface area contributed by atoms with Crippen LogP contribution in [0.25, 0.3) is 11.1 Å². The maximum atomic E-state index is 11.4. The summed E-state index contributed by atoms with van der Waals surface area (Å²) in [6, 6.07) is 16.7. The van der Waals surface area contributed by atoms with Crippen molar-refractivity contribution >= 4 is 11.1 Å². The number of rotatable bonds is 5. The Morgan fingerprint density at radius 2 is 1.84 bits per heavy atom. The molecule has 2 heterocycles. The van der Waals surface area contributed by atoms with Crippen molar-refractivity contribution in [2.24, 2.45) is 5.92 Å². The lowest BCUT2D eigenvalue weighted by atomic mass is 9.90. The summed E-state index contributed by atoms with van der Waals surface area (Å²) < 4.78 is 5.15. The molecule has 1 fully saturated rings. The van der Waals surface area contributed by atoms with Gasteiger partial charge in [-0.25, -0.2) is 4.79 Å². The van der Waals surface area contributed by atoms with Crippen LogP contribution in [0.3, 0.4) is 0 Å². The van der Waals surface area contributed by atoms with Crippen molar-refractivity contribution in [2.45, 2.75) is 25.7 Å². The van der Waals surface area contributed by atoms with Gasteiger partial charge in [0.05, 0.1) is 5.52 Å². The number of fused-ring (bicyclic) bond motifs is 1. The van der Waals surface area contributed by atoms with Crippen molar-refractivity contribution in [3.05, 3.63) is 70.2 Å². The Bertz CT molecular complexity index is 874. The van der Waals surface area contributed by atoms with Crippen LogP contribution in [0.15, 0.2) is 57.7 Å². The van der Waals surface area contributed by atoms with E-state index in [0.717, 1.165) is 43.1 Å². The molecular formula is C21H24N2O2. The lowest BCUT2D eigenvalue weighted by Crippen LogP contribution is -2.35. The SMILES string of the molecule is O=c1[nH]c2c(CCN3CCC(Cc4ccccc4)CC3)cccc2o1. The minimum Gasteiger partial charge on any atom is -0.408 e. The molecule has 0 radical (unpaired) electrons. The van der Waals surface area contributed by atoms with Crippen molar-refractivity contribution in [1.29, 1.82) is 0 Å². The van der Waals surface area contributed by atoms with E-state index in [2.05, 4.69) is 46.3 Å². The van der Waals surface area contributed by atoms with E-state index in [-0.39, 0.29) is 5.76 Å². The van der Waals surface area contributed by atoms with Crippen molar-refractivity contribution in [1.82, 2.24) is 9.88 Å². The van der Waals surface area contributed by atoms with Gasteiger partial charge in [0.25, 0.3) is 0 Å². The molecule has 4 rings (SSSR count). The van der Waals surface area contributed by atoms with E-state index in [4.69, 9.17) is 4.42 Å². The largest absolute Gasteiger partial charge is 0.417 e. The van der Waals surface area contributed by atoms with Gasteiger partial charge < -0.3 is 9.32 Å². The quantitative estimate of drug-likeness (QED) is 0.774. The first-order valence-electron chi connectivity index (χ1n) is 9.15. The highest BCUT2D eigenvalue weighted by molar-refractivity contribution is 5.75. The normalized spacial score (nSPS) is 16.5. The predicted octanol–water partition coefficient (Wildman–Crippen LogP) is 3.62. The Morgan fingerprint density at radius 3 is 2.64 bits per heavy atom. The smallest absolute Gasteiger partial charge is 0.408 e. The molecule has 3 aromatic rings. The Morgan fingerprint density at radius 1 is 1.04 bits per heavy atom. The molecule has 1 saturated heterocycles. The molecule has 0 aliphatic carbocycles. The van der Waals surface area contributed by atoms with Gasteiger partial charge in [0.15, 0.2) is 5.58 Å². The van der Waals surface area contributed by atoms with Gasteiger partial charge in [-0.2, -0.15) is 0 Å². The fourth-order valence-corrected chi connectivity index (χ4v) is 3.88. The first-order chi connectivity index (χ1) is 12.3. The highest BCUT2D eigenvalue weighted by Crippen LogP contribution is 2.22. The first-order valence-corrected chi connectivity index (χ1v) is 9.15. The van der Waals surface area contributed by atoms with Gasteiger partial charge in [-0.15, -0.1) is 0 Å². The molecule has 25 heavy (non-hydrogen) atoms. The summed E-state index contributed by atoms with van der Waals surface area (Å²) in [5.41, 5.74) is 4.13. The second-order valence-electron chi connectivity index (χ2n) is 7.03. The van der Waals surface area contributed by atoms with Crippen LogP contribution < -0.4 is 5.76 Å². The second-order valence-corrected chi connectivity index (χ2v) is 7.03. The highest BCUT2D eigenvalue weighted by atomic mass is 16.4. The van der Waals surface area contributed by atoms with Crippen molar-refractivity contribution < 1.29 is 4.42 Å². The molecule has 1 N–H and O–H groups in total. The number of likely N-dealkylation sites (tertiary alicyclic amines) is 1. The number of nitrogens with zero attached hydrogens (tertiary/aromatic N) is 1. The Kier molecular flexibility index (Phi) is 4.70. The van der Waals surface area contributed by atoms with E-state index in [1.165, 1.54) is 24.8 Å². The Hall–Kier alpha value is -2.33. The molecule has 130 valence electrons. The van der Waals surface area contributed by atoms with E-state index in [9.17, 15) is 4.79 Å². The zero-order valence-electron chi connectivity index (χ0n) is 14.4. The zero-order valence-corrected chi connectivity index (χ0v) is 14.4. The summed E-state index contributed by atoms with van der Waals surface area (Å²) in [4.78, 5) is 16.7. The van der Waals surface area contributed by atoms with Gasteiger partial charge >= 0.3 is 5.76 Å². The number of nitrogens with one attached hydrogen (secondary N) is 1. The number of hydrogen-bond acceptors (Lipinski definition) is 3. The molecular weight excluding hydrogens is 312 g/mol. The maximum absolute atomic E-state index is 11.4. The molecule has 0 atom stereocenters. The van der Waals surface area contributed by atoms with Crippen LogP contribution in [0.2, 0.25) is 0 Å². The van der Waals surface area contributed by atoms with E-state index in [0.29, 0.717) is 5.58 Å². The summed E-state index contributed by atoms with van der Waals surface area (Å²) >= 11 is 0. The third kappa shape index (κ3) is 3.85. The van der Waals surface area contributed by atoms with Gasteiger partial charge in [0.1, 0.15) is 0 Å². The number of benzene rings is 2. The van der Waals surface area contributed by atoms with Crippen LogP contribution in [-0.2, 0) is 12.8 Å². The lowest BCUT2D eigenvalue weighted by Gasteiger charge is -2.32. The predicted molar refractivity (Wildman–Crippen MR) is 99.8 cm³/mol. The van der Waals surface area contributed by atoms with Gasteiger partial charge in [0, 0.05) is 6.54 Å². The molecule has 4 heteroatoms. The summed E-state index contributed by atoms with van der Waals surface area (Å²) in [6.45, 7) is 3.36. The Labute approximate surface area is 147 Å². The molecule has 1 aliphatic heterocycles. The topological polar surface area (TPSA) is 49.2 Å². The lowest BCUT2D eigenvalue weighted by molar-refractivity contribution is 0.186. The number of H-pyrrole nitrogens is 1. The van der Waals surface area contributed by atoms with Crippen molar-refractivity contribution in [2.75, 3.05) is 19.6 Å². The third-order valence-electron chi connectivity index (χ3n) is 5.31. The van der Waals surface area contributed by atoms with Gasteiger partial charge in [-0.3, -0.25) is 4.98 Å². The molecule has 0 amide bonds. The van der Waals surface area contributed by atoms with E-state index >= 15 is 0 Å². The average molecular weight is 336 g/mol. The van der Waals surface area contributed by atoms with E-state index < -0.39 is 0 Å². The average Bonchev–Trinajstić information content (AvgIpc) is 3.03. The van der Waals surface area contributed by atoms with Crippen LogP contribution in [0.1, 0.15) is 24.0 Å².